The van der Waals surface area contributed by atoms with E-state index in [2.05, 4.69) is 0 Å². The Hall–Kier alpha value is -0.480. The minimum absolute atomic E-state index is 0.348. The molecule has 0 unspecified atom stereocenters. The van der Waals surface area contributed by atoms with E-state index in [1.165, 1.54) is 0 Å². The van der Waals surface area contributed by atoms with Crippen LogP contribution in [-0.2, 0) is 11.3 Å². The molecule has 0 aromatic heterocycles. The first-order valence-electron chi connectivity index (χ1n) is 5.57. The van der Waals surface area contributed by atoms with Gasteiger partial charge < -0.3 is 15.2 Å². The van der Waals surface area contributed by atoms with Crippen molar-refractivity contribution in [1.29, 1.82) is 0 Å². The molecule has 0 radical (unpaired) electrons. The highest BCUT2D eigenvalue weighted by molar-refractivity contribution is 6.35. The van der Waals surface area contributed by atoms with Gasteiger partial charge in [-0.05, 0) is 19.1 Å². The minimum Gasteiger partial charge on any atom is -0.492 e. The van der Waals surface area contributed by atoms with Crippen LogP contribution in [0.2, 0.25) is 10.0 Å². The number of hydrogen-bond acceptors (Lipinski definition) is 3. The summed E-state index contributed by atoms with van der Waals surface area (Å²) < 4.78 is 10.8. The van der Waals surface area contributed by atoms with E-state index in [0.29, 0.717) is 35.6 Å². The second-order valence-corrected chi connectivity index (χ2v) is 4.32. The average Bonchev–Trinajstić information content (AvgIpc) is 2.30. The molecule has 1 aromatic rings. The largest absolute Gasteiger partial charge is 0.492 e. The van der Waals surface area contributed by atoms with Gasteiger partial charge in [0.05, 0.1) is 11.6 Å². The summed E-state index contributed by atoms with van der Waals surface area (Å²) in [5.41, 5.74) is 6.44. The van der Waals surface area contributed by atoms with Crippen molar-refractivity contribution in [2.24, 2.45) is 5.73 Å². The predicted octanol–water partition coefficient (Wildman–Crippen LogP) is 3.26. The van der Waals surface area contributed by atoms with Crippen LogP contribution in [0.1, 0.15) is 18.9 Å². The van der Waals surface area contributed by atoms with Crippen LogP contribution >= 0.6 is 23.2 Å². The number of hydrogen-bond donors (Lipinski definition) is 1. The normalized spacial score (nSPS) is 10.6. The molecule has 0 saturated carbocycles. The van der Waals surface area contributed by atoms with E-state index in [1.807, 2.05) is 6.92 Å². The van der Waals surface area contributed by atoms with Gasteiger partial charge >= 0.3 is 0 Å². The Balaban J connectivity index is 2.57. The van der Waals surface area contributed by atoms with E-state index < -0.39 is 0 Å². The fourth-order valence-corrected chi connectivity index (χ4v) is 2.00. The molecule has 0 saturated heterocycles. The highest BCUT2D eigenvalue weighted by Gasteiger charge is 2.09. The number of benzene rings is 1. The lowest BCUT2D eigenvalue weighted by molar-refractivity contribution is 0.130. The van der Waals surface area contributed by atoms with Gasteiger partial charge in [-0.15, -0.1) is 0 Å². The predicted molar refractivity (Wildman–Crippen MR) is 71.0 cm³/mol. The molecule has 1 aromatic carbocycles. The van der Waals surface area contributed by atoms with Gasteiger partial charge in [-0.2, -0.15) is 0 Å². The molecule has 0 aliphatic heterocycles. The smallest absolute Gasteiger partial charge is 0.142 e. The first kappa shape index (κ1) is 14.6. The first-order valence-corrected chi connectivity index (χ1v) is 6.33. The van der Waals surface area contributed by atoms with Crippen molar-refractivity contribution in [1.82, 2.24) is 0 Å². The van der Waals surface area contributed by atoms with Crippen molar-refractivity contribution in [2.75, 3.05) is 19.8 Å². The highest BCUT2D eigenvalue weighted by atomic mass is 35.5. The molecule has 0 heterocycles. The maximum Gasteiger partial charge on any atom is 0.142 e. The molecule has 0 bridgehead atoms. The third-order valence-corrected chi connectivity index (χ3v) is 2.69. The van der Waals surface area contributed by atoms with E-state index in [0.717, 1.165) is 18.6 Å². The van der Waals surface area contributed by atoms with Gasteiger partial charge in [-0.3, -0.25) is 0 Å². The van der Waals surface area contributed by atoms with Crippen LogP contribution in [0.4, 0.5) is 0 Å². The molecule has 17 heavy (non-hydrogen) atoms. The second kappa shape index (κ2) is 7.77. The summed E-state index contributed by atoms with van der Waals surface area (Å²) in [5, 5.41) is 1.06. The van der Waals surface area contributed by atoms with Crippen LogP contribution in [0.5, 0.6) is 5.75 Å². The lowest BCUT2D eigenvalue weighted by Crippen LogP contribution is -2.07. The average molecular weight is 278 g/mol. The fraction of sp³-hybridized carbons (Fsp3) is 0.500. The molecule has 0 atom stereocenters. The van der Waals surface area contributed by atoms with Gasteiger partial charge in [0.15, 0.2) is 0 Å². The molecule has 0 aliphatic carbocycles. The molecule has 0 spiro atoms. The number of ether oxygens (including phenoxy) is 2. The zero-order valence-electron chi connectivity index (χ0n) is 9.84. The van der Waals surface area contributed by atoms with Crippen LogP contribution in [0.15, 0.2) is 12.1 Å². The Kier molecular flexibility index (Phi) is 6.66. The van der Waals surface area contributed by atoms with E-state index in [-0.39, 0.29) is 0 Å². The maximum absolute atomic E-state index is 6.06. The topological polar surface area (TPSA) is 44.5 Å². The van der Waals surface area contributed by atoms with Crippen LogP contribution in [0.25, 0.3) is 0 Å². The van der Waals surface area contributed by atoms with Gasteiger partial charge in [0.1, 0.15) is 5.75 Å². The zero-order valence-corrected chi connectivity index (χ0v) is 11.4. The van der Waals surface area contributed by atoms with Crippen molar-refractivity contribution in [3.63, 3.8) is 0 Å². The standard InChI is InChI=1S/C12H17Cl2NO2/c1-2-16-4-3-5-17-12-9(8-15)6-10(13)7-11(12)14/h6-7H,2-5,8,15H2,1H3. The van der Waals surface area contributed by atoms with Gasteiger partial charge in [-0.1, -0.05) is 23.2 Å². The Bertz CT molecular complexity index is 359. The lowest BCUT2D eigenvalue weighted by Gasteiger charge is -2.12. The Labute approximate surface area is 112 Å². The Morgan fingerprint density at radius 3 is 2.65 bits per heavy atom. The SMILES string of the molecule is CCOCCCOc1c(Cl)cc(Cl)cc1CN. The van der Waals surface area contributed by atoms with Crippen molar-refractivity contribution in [2.45, 2.75) is 19.9 Å². The van der Waals surface area contributed by atoms with Crippen LogP contribution in [0, 0.1) is 0 Å². The van der Waals surface area contributed by atoms with Crippen LogP contribution in [-0.4, -0.2) is 19.8 Å². The molecule has 96 valence electrons. The Morgan fingerprint density at radius 1 is 1.24 bits per heavy atom. The maximum atomic E-state index is 6.06. The van der Waals surface area contributed by atoms with E-state index >= 15 is 0 Å². The fourth-order valence-electron chi connectivity index (χ4n) is 1.41. The summed E-state index contributed by atoms with van der Waals surface area (Å²) in [6.45, 7) is 4.26. The molecule has 0 aliphatic rings. The summed E-state index contributed by atoms with van der Waals surface area (Å²) in [4.78, 5) is 0. The Morgan fingerprint density at radius 2 is 2.00 bits per heavy atom. The number of rotatable bonds is 7. The summed E-state index contributed by atoms with van der Waals surface area (Å²) in [5.74, 6) is 0.620. The first-order chi connectivity index (χ1) is 8.19. The molecular weight excluding hydrogens is 261 g/mol. The minimum atomic E-state index is 0.348. The molecular formula is C12H17Cl2NO2. The number of nitrogens with two attached hydrogens (primary N) is 1. The summed E-state index contributed by atoms with van der Waals surface area (Å²) in [6.07, 6.45) is 0.816. The van der Waals surface area contributed by atoms with E-state index in [4.69, 9.17) is 38.4 Å². The van der Waals surface area contributed by atoms with Crippen molar-refractivity contribution in [3.05, 3.63) is 27.7 Å². The monoisotopic (exact) mass is 277 g/mol. The van der Waals surface area contributed by atoms with E-state index in [1.54, 1.807) is 12.1 Å². The third-order valence-electron chi connectivity index (χ3n) is 2.19. The molecule has 3 nitrogen and oxygen atoms in total. The molecule has 2 N–H and O–H groups in total. The molecule has 0 fully saturated rings. The molecule has 0 amide bonds. The third kappa shape index (κ3) is 4.72. The lowest BCUT2D eigenvalue weighted by atomic mass is 10.2. The quantitative estimate of drug-likeness (QED) is 0.778. The van der Waals surface area contributed by atoms with Crippen molar-refractivity contribution < 1.29 is 9.47 Å². The van der Waals surface area contributed by atoms with Gasteiger partial charge in [-0.25, -0.2) is 0 Å². The van der Waals surface area contributed by atoms with Gasteiger partial charge in [0.2, 0.25) is 0 Å². The van der Waals surface area contributed by atoms with Gasteiger partial charge in [0, 0.05) is 36.8 Å². The highest BCUT2D eigenvalue weighted by Crippen LogP contribution is 2.32. The molecule has 5 heteroatoms. The van der Waals surface area contributed by atoms with Gasteiger partial charge in [0.25, 0.3) is 0 Å². The number of halogens is 2. The second-order valence-electron chi connectivity index (χ2n) is 3.48. The molecule has 1 rings (SSSR count). The van der Waals surface area contributed by atoms with Crippen LogP contribution in [0.3, 0.4) is 0 Å². The summed E-state index contributed by atoms with van der Waals surface area (Å²) in [7, 11) is 0. The zero-order chi connectivity index (χ0) is 12.7. The van der Waals surface area contributed by atoms with Crippen LogP contribution < -0.4 is 10.5 Å². The van der Waals surface area contributed by atoms with E-state index in [9.17, 15) is 0 Å². The summed E-state index contributed by atoms with van der Waals surface area (Å²) in [6, 6.07) is 3.42. The summed E-state index contributed by atoms with van der Waals surface area (Å²) >= 11 is 11.9. The van der Waals surface area contributed by atoms with Crippen molar-refractivity contribution >= 4 is 23.2 Å². The van der Waals surface area contributed by atoms with Crippen molar-refractivity contribution in [3.8, 4) is 5.75 Å².